The van der Waals surface area contributed by atoms with E-state index < -0.39 is 57.0 Å². The van der Waals surface area contributed by atoms with Gasteiger partial charge in [0.2, 0.25) is 7.37 Å². The molecule has 0 heterocycles. The molecule has 150 valence electrons. The Balaban J connectivity index is 3.25. The Hall–Kier alpha value is -0.540. The summed E-state index contributed by atoms with van der Waals surface area (Å²) in [7, 11) is -7.94. The van der Waals surface area contributed by atoms with Crippen molar-refractivity contribution in [1.82, 2.24) is 0 Å². The Kier molecular flexibility index (Phi) is 8.23. The van der Waals surface area contributed by atoms with Crippen LogP contribution in [0.2, 0.25) is 0 Å². The van der Waals surface area contributed by atoms with Crippen molar-refractivity contribution >= 4 is 29.2 Å². The summed E-state index contributed by atoms with van der Waals surface area (Å²) in [6.45, 7) is 6.46. The fraction of sp³-hybridized carbons (Fsp3) is 0.600. The second kappa shape index (κ2) is 9.10. The lowest BCUT2D eigenvalue weighted by Crippen LogP contribution is -2.15. The van der Waals surface area contributed by atoms with Crippen LogP contribution in [0.3, 0.4) is 0 Å². The minimum Gasteiger partial charge on any atom is -0.324 e. The predicted octanol–water partition coefficient (Wildman–Crippen LogP) is 5.25. The van der Waals surface area contributed by atoms with E-state index in [2.05, 4.69) is 0 Å². The van der Waals surface area contributed by atoms with Crippen LogP contribution in [0.15, 0.2) is 28.0 Å². The highest BCUT2D eigenvalue weighted by Crippen LogP contribution is 2.49. The van der Waals surface area contributed by atoms with Gasteiger partial charge in [-0.1, -0.05) is 26.0 Å². The van der Waals surface area contributed by atoms with Crippen LogP contribution in [0, 0.1) is 0 Å². The third-order valence-corrected chi connectivity index (χ3v) is 8.00. The Morgan fingerprint density at radius 2 is 1.85 bits per heavy atom. The molecule has 0 aliphatic heterocycles. The van der Waals surface area contributed by atoms with Crippen molar-refractivity contribution in [1.29, 1.82) is 0 Å². The molecule has 1 rings (SSSR count). The predicted molar refractivity (Wildman–Crippen MR) is 95.2 cm³/mol. The summed E-state index contributed by atoms with van der Waals surface area (Å²) < 4.78 is 86.2. The minimum absolute atomic E-state index is 0.0419. The van der Waals surface area contributed by atoms with Crippen molar-refractivity contribution in [2.75, 3.05) is 12.5 Å². The second-order valence-electron chi connectivity index (χ2n) is 5.63. The first-order valence-electron chi connectivity index (χ1n) is 7.87. The summed E-state index contributed by atoms with van der Waals surface area (Å²) in [4.78, 5) is -1.02. The maximum atomic E-state index is 12.8. The Labute approximate surface area is 156 Å². The molecule has 0 aliphatic carbocycles. The molecule has 0 amide bonds. The number of alkyl halides is 3. The van der Waals surface area contributed by atoms with Crippen molar-refractivity contribution in [3.05, 3.63) is 23.8 Å². The van der Waals surface area contributed by atoms with Crippen LogP contribution in [0.25, 0.3) is 0 Å². The highest BCUT2D eigenvalue weighted by atomic mass is 32.2. The molecule has 0 bridgehead atoms. The molecule has 0 saturated heterocycles. The van der Waals surface area contributed by atoms with Crippen molar-refractivity contribution in [2.45, 2.75) is 55.5 Å². The maximum Gasteiger partial charge on any atom is 0.446 e. The lowest BCUT2D eigenvalue weighted by atomic mass is 10.2. The van der Waals surface area contributed by atoms with E-state index in [9.17, 15) is 26.2 Å². The zero-order valence-electron chi connectivity index (χ0n) is 14.9. The van der Waals surface area contributed by atoms with E-state index >= 15 is 0 Å². The molecule has 5 nitrogen and oxygen atoms in total. The van der Waals surface area contributed by atoms with E-state index in [4.69, 9.17) is 8.71 Å². The average Bonchev–Trinajstić information content (AvgIpc) is 2.50. The molecule has 1 unspecified atom stereocenters. The average molecular weight is 434 g/mol. The van der Waals surface area contributed by atoms with Gasteiger partial charge >= 0.3 is 5.51 Å². The van der Waals surface area contributed by atoms with Gasteiger partial charge in [0, 0.05) is 11.1 Å². The van der Waals surface area contributed by atoms with E-state index in [1.165, 1.54) is 12.1 Å². The van der Waals surface area contributed by atoms with Crippen LogP contribution in [0.4, 0.5) is 13.2 Å². The maximum absolute atomic E-state index is 12.8. The van der Waals surface area contributed by atoms with Crippen LogP contribution >= 0.6 is 19.1 Å². The third kappa shape index (κ3) is 6.88. The van der Waals surface area contributed by atoms with Crippen molar-refractivity contribution in [2.24, 2.45) is 0 Å². The number of halogens is 3. The van der Waals surface area contributed by atoms with Gasteiger partial charge in [-0.15, -0.1) is 0 Å². The molecule has 11 heteroatoms. The number of benzene rings is 1. The molecule has 0 N–H and O–H groups in total. The first kappa shape index (κ1) is 23.5. The number of hydrogen-bond acceptors (Lipinski definition) is 6. The molecule has 1 atom stereocenters. The Bertz CT molecular complexity index is 763. The van der Waals surface area contributed by atoms with Gasteiger partial charge in [0.25, 0.3) is 10.1 Å². The molecule has 1 aromatic rings. The van der Waals surface area contributed by atoms with E-state index in [1.54, 1.807) is 27.7 Å². The number of rotatable bonds is 9. The fourth-order valence-corrected chi connectivity index (χ4v) is 6.49. The Morgan fingerprint density at radius 3 is 2.31 bits per heavy atom. The smallest absolute Gasteiger partial charge is 0.324 e. The standard InChI is InChI=1S/C15H22F3O5PS2/c1-5-12-8-7-9-13(25-15(16,17)18)14(12)26(20,21)22-10-24(19,6-2)23-11(3)4/h7-9,11H,5-6,10H2,1-4H3. The molecule has 1 aromatic carbocycles. The van der Waals surface area contributed by atoms with E-state index in [1.807, 2.05) is 0 Å². The monoisotopic (exact) mass is 434 g/mol. The van der Waals surface area contributed by atoms with E-state index in [-0.39, 0.29) is 18.1 Å². The third-order valence-electron chi connectivity index (χ3n) is 3.21. The lowest BCUT2D eigenvalue weighted by Gasteiger charge is -2.20. The van der Waals surface area contributed by atoms with Gasteiger partial charge in [0.05, 0.1) is 6.10 Å². The minimum atomic E-state index is -4.66. The molecule has 0 aliphatic rings. The van der Waals surface area contributed by atoms with Gasteiger partial charge in [-0.05, 0) is 43.7 Å². The zero-order valence-corrected chi connectivity index (χ0v) is 17.4. The molecule has 0 radical (unpaired) electrons. The van der Waals surface area contributed by atoms with Gasteiger partial charge in [-0.25, -0.2) is 0 Å². The summed E-state index contributed by atoms with van der Waals surface area (Å²) in [5.74, 6) is 0. The molecular formula is C15H22F3O5PS2. The van der Waals surface area contributed by atoms with Crippen LogP contribution in [-0.4, -0.2) is 32.5 Å². The largest absolute Gasteiger partial charge is 0.446 e. The number of thioether (sulfide) groups is 1. The topological polar surface area (TPSA) is 69.7 Å². The summed E-state index contributed by atoms with van der Waals surface area (Å²) in [5, 5.41) is 0. The summed E-state index contributed by atoms with van der Waals surface area (Å²) in [6, 6.07) is 3.84. The number of aryl methyl sites for hydroxylation is 1. The number of hydrogen-bond donors (Lipinski definition) is 0. The molecular weight excluding hydrogens is 412 g/mol. The van der Waals surface area contributed by atoms with Gasteiger partial charge in [-0.2, -0.15) is 21.6 Å². The molecule has 0 aromatic heterocycles. The summed E-state index contributed by atoms with van der Waals surface area (Å²) in [5.41, 5.74) is -4.47. The molecule has 0 saturated carbocycles. The molecule has 0 fully saturated rings. The van der Waals surface area contributed by atoms with Gasteiger partial charge in [0.15, 0.2) is 0 Å². The first-order valence-corrected chi connectivity index (χ1v) is 12.1. The van der Waals surface area contributed by atoms with Crippen molar-refractivity contribution in [3.8, 4) is 0 Å². The van der Waals surface area contributed by atoms with Crippen LogP contribution in [-0.2, 0) is 29.8 Å². The van der Waals surface area contributed by atoms with E-state index in [0.717, 1.165) is 6.07 Å². The lowest BCUT2D eigenvalue weighted by molar-refractivity contribution is -0.0329. The zero-order chi connectivity index (χ0) is 20.2. The van der Waals surface area contributed by atoms with Crippen LogP contribution in [0.1, 0.15) is 33.3 Å². The fourth-order valence-electron chi connectivity index (χ4n) is 2.12. The SMILES string of the molecule is CCc1cccc(SC(F)(F)F)c1S(=O)(=O)OCP(=O)(CC)OC(C)C. The molecule has 0 spiro atoms. The molecule has 26 heavy (non-hydrogen) atoms. The second-order valence-corrected chi connectivity index (χ2v) is 11.0. The van der Waals surface area contributed by atoms with E-state index in [0.29, 0.717) is 0 Å². The normalized spacial score (nSPS) is 15.2. The van der Waals surface area contributed by atoms with Crippen LogP contribution < -0.4 is 0 Å². The summed E-state index contributed by atoms with van der Waals surface area (Å²) in [6.07, 6.45) is -0.900. The van der Waals surface area contributed by atoms with Gasteiger partial charge < -0.3 is 4.52 Å². The highest BCUT2D eigenvalue weighted by Gasteiger charge is 2.35. The van der Waals surface area contributed by atoms with Crippen LogP contribution in [0.5, 0.6) is 0 Å². The summed E-state index contributed by atoms with van der Waals surface area (Å²) >= 11 is -0.526. The quantitative estimate of drug-likeness (QED) is 0.301. The van der Waals surface area contributed by atoms with Gasteiger partial charge in [0.1, 0.15) is 11.2 Å². The highest BCUT2D eigenvalue weighted by molar-refractivity contribution is 8.00. The first-order chi connectivity index (χ1) is 11.8. The van der Waals surface area contributed by atoms with Crippen molar-refractivity contribution in [3.63, 3.8) is 0 Å². The van der Waals surface area contributed by atoms with Gasteiger partial charge in [-0.3, -0.25) is 8.75 Å². The van der Waals surface area contributed by atoms with Crippen molar-refractivity contribution < 1.29 is 34.9 Å². The Morgan fingerprint density at radius 1 is 1.23 bits per heavy atom.